The maximum atomic E-state index is 10.7. The van der Waals surface area contributed by atoms with Crippen LogP contribution in [0.1, 0.15) is 87.0 Å². The summed E-state index contributed by atoms with van der Waals surface area (Å²) in [6, 6.07) is 0. The molecular weight excluding hydrogens is 260 g/mol. The van der Waals surface area contributed by atoms with Gasteiger partial charge in [-0.05, 0) is 57.3 Å². The Balaban J connectivity index is 2.68. The van der Waals surface area contributed by atoms with E-state index in [9.17, 15) is 5.11 Å². The monoisotopic (exact) mass is 298 g/mol. The predicted molar refractivity (Wildman–Crippen MR) is 90.1 cm³/mol. The van der Waals surface area contributed by atoms with Crippen LogP contribution in [0.4, 0.5) is 0 Å². The molecular formula is C19H38O2. The van der Waals surface area contributed by atoms with E-state index >= 15 is 0 Å². The summed E-state index contributed by atoms with van der Waals surface area (Å²) in [5.74, 6) is 2.00. The summed E-state index contributed by atoms with van der Waals surface area (Å²) in [4.78, 5) is 0. The smallest absolute Gasteiger partial charge is 0.160 e. The molecule has 0 aliphatic heterocycles. The van der Waals surface area contributed by atoms with E-state index in [1.54, 1.807) is 0 Å². The summed E-state index contributed by atoms with van der Waals surface area (Å²) in [6.45, 7) is 15.4. The van der Waals surface area contributed by atoms with Crippen molar-refractivity contribution in [1.82, 2.24) is 0 Å². The van der Waals surface area contributed by atoms with E-state index in [0.717, 1.165) is 18.8 Å². The zero-order valence-electron chi connectivity index (χ0n) is 15.4. The number of aliphatic hydroxyl groups excluding tert-OH is 1. The molecule has 2 nitrogen and oxygen atoms in total. The van der Waals surface area contributed by atoms with E-state index in [-0.39, 0.29) is 11.0 Å². The van der Waals surface area contributed by atoms with E-state index in [1.807, 2.05) is 0 Å². The lowest BCUT2D eigenvalue weighted by atomic mass is 9.74. The molecule has 126 valence electrons. The highest BCUT2D eigenvalue weighted by Gasteiger charge is 2.40. The van der Waals surface area contributed by atoms with Crippen LogP contribution in [0.25, 0.3) is 0 Å². The van der Waals surface area contributed by atoms with Gasteiger partial charge in [0.15, 0.2) is 6.29 Å². The van der Waals surface area contributed by atoms with Crippen LogP contribution in [0.3, 0.4) is 0 Å². The maximum Gasteiger partial charge on any atom is 0.160 e. The topological polar surface area (TPSA) is 29.5 Å². The van der Waals surface area contributed by atoms with Crippen LogP contribution in [0.5, 0.6) is 0 Å². The summed E-state index contributed by atoms with van der Waals surface area (Å²) in [5.41, 5.74) is -0.375. The molecule has 1 aliphatic carbocycles. The van der Waals surface area contributed by atoms with Crippen molar-refractivity contribution < 1.29 is 9.84 Å². The minimum Gasteiger partial charge on any atom is -0.367 e. The van der Waals surface area contributed by atoms with Crippen molar-refractivity contribution in [3.63, 3.8) is 0 Å². The van der Waals surface area contributed by atoms with Gasteiger partial charge in [-0.3, -0.25) is 0 Å². The summed E-state index contributed by atoms with van der Waals surface area (Å²) >= 11 is 0. The Morgan fingerprint density at radius 3 is 2.05 bits per heavy atom. The van der Waals surface area contributed by atoms with Gasteiger partial charge in [-0.2, -0.15) is 0 Å². The molecule has 0 bridgehead atoms. The van der Waals surface area contributed by atoms with Gasteiger partial charge in [0, 0.05) is 5.41 Å². The van der Waals surface area contributed by atoms with Crippen LogP contribution >= 0.6 is 0 Å². The molecule has 0 saturated heterocycles. The van der Waals surface area contributed by atoms with Gasteiger partial charge in [-0.25, -0.2) is 0 Å². The third kappa shape index (κ3) is 5.25. The quantitative estimate of drug-likeness (QED) is 0.639. The van der Waals surface area contributed by atoms with Crippen LogP contribution < -0.4 is 0 Å². The standard InChI is InChI=1S/C19H38O2/c1-8-19(7,13-14(2)3)17(20)21-18(5,6)16-11-9-15(4)10-12-16/h14-17,20H,8-13H2,1-7H3. The van der Waals surface area contributed by atoms with E-state index in [1.165, 1.54) is 25.7 Å². The normalized spacial score (nSPS) is 28.4. The van der Waals surface area contributed by atoms with Gasteiger partial charge in [0.2, 0.25) is 0 Å². The van der Waals surface area contributed by atoms with E-state index in [4.69, 9.17) is 4.74 Å². The van der Waals surface area contributed by atoms with Crippen LogP contribution in [0, 0.1) is 23.2 Å². The lowest BCUT2D eigenvalue weighted by Crippen LogP contribution is -2.45. The molecule has 0 aromatic heterocycles. The second-order valence-corrected chi connectivity index (χ2v) is 8.64. The van der Waals surface area contributed by atoms with Crippen LogP contribution in [0.15, 0.2) is 0 Å². The first-order chi connectivity index (χ1) is 9.60. The van der Waals surface area contributed by atoms with Gasteiger partial charge in [0.05, 0.1) is 5.60 Å². The first-order valence-corrected chi connectivity index (χ1v) is 8.96. The molecule has 0 spiro atoms. The first kappa shape index (κ1) is 19.0. The van der Waals surface area contributed by atoms with Gasteiger partial charge in [0.1, 0.15) is 0 Å². The van der Waals surface area contributed by atoms with Gasteiger partial charge >= 0.3 is 0 Å². The van der Waals surface area contributed by atoms with Crippen molar-refractivity contribution in [3.05, 3.63) is 0 Å². The molecule has 2 unspecified atom stereocenters. The number of ether oxygens (including phenoxy) is 1. The molecule has 0 aromatic rings. The molecule has 0 radical (unpaired) electrons. The highest BCUT2D eigenvalue weighted by atomic mass is 16.6. The fourth-order valence-corrected chi connectivity index (χ4v) is 3.83. The molecule has 1 aliphatic rings. The molecule has 0 heterocycles. The molecule has 2 heteroatoms. The zero-order chi connectivity index (χ0) is 16.3. The van der Waals surface area contributed by atoms with E-state index in [0.29, 0.717) is 11.8 Å². The lowest BCUT2D eigenvalue weighted by Gasteiger charge is -2.44. The van der Waals surface area contributed by atoms with Gasteiger partial charge < -0.3 is 9.84 Å². The Morgan fingerprint density at radius 1 is 1.10 bits per heavy atom. The molecule has 2 atom stereocenters. The molecule has 21 heavy (non-hydrogen) atoms. The number of rotatable bonds is 7. The second kappa shape index (κ2) is 7.46. The van der Waals surface area contributed by atoms with E-state index in [2.05, 4.69) is 48.5 Å². The largest absolute Gasteiger partial charge is 0.367 e. The molecule has 1 fully saturated rings. The van der Waals surface area contributed by atoms with Crippen LogP contribution in [-0.4, -0.2) is 17.0 Å². The molecule has 0 amide bonds. The minimum absolute atomic E-state index is 0.145. The van der Waals surface area contributed by atoms with Crippen molar-refractivity contribution in [3.8, 4) is 0 Å². The average molecular weight is 299 g/mol. The molecule has 1 rings (SSSR count). The summed E-state index contributed by atoms with van der Waals surface area (Å²) in [6.07, 6.45) is 6.34. The van der Waals surface area contributed by atoms with Crippen LogP contribution in [-0.2, 0) is 4.74 Å². The Bertz CT molecular complexity index is 303. The fraction of sp³-hybridized carbons (Fsp3) is 1.00. The van der Waals surface area contributed by atoms with Crippen molar-refractivity contribution in [2.24, 2.45) is 23.2 Å². The first-order valence-electron chi connectivity index (χ1n) is 8.96. The highest BCUT2D eigenvalue weighted by molar-refractivity contribution is 4.86. The van der Waals surface area contributed by atoms with Crippen molar-refractivity contribution in [2.75, 3.05) is 0 Å². The summed E-state index contributed by atoms with van der Waals surface area (Å²) in [5, 5.41) is 10.7. The third-order valence-corrected chi connectivity index (χ3v) is 5.69. The van der Waals surface area contributed by atoms with Crippen molar-refractivity contribution >= 4 is 0 Å². The molecule has 1 N–H and O–H groups in total. The number of aliphatic hydroxyl groups is 1. The minimum atomic E-state index is -0.667. The fourth-order valence-electron chi connectivity index (χ4n) is 3.83. The Kier molecular flexibility index (Phi) is 6.74. The van der Waals surface area contributed by atoms with Gasteiger partial charge in [0.25, 0.3) is 0 Å². The highest BCUT2D eigenvalue weighted by Crippen LogP contribution is 2.41. The second-order valence-electron chi connectivity index (χ2n) is 8.64. The zero-order valence-corrected chi connectivity index (χ0v) is 15.4. The Morgan fingerprint density at radius 2 is 1.62 bits per heavy atom. The van der Waals surface area contributed by atoms with Crippen molar-refractivity contribution in [2.45, 2.75) is 98.9 Å². The van der Waals surface area contributed by atoms with Crippen molar-refractivity contribution in [1.29, 1.82) is 0 Å². The Hall–Kier alpha value is -0.0800. The Labute approximate surface area is 132 Å². The summed E-state index contributed by atoms with van der Waals surface area (Å²) in [7, 11) is 0. The van der Waals surface area contributed by atoms with Gasteiger partial charge in [-0.1, -0.05) is 47.5 Å². The molecule has 1 saturated carbocycles. The lowest BCUT2D eigenvalue weighted by molar-refractivity contribution is -0.245. The van der Waals surface area contributed by atoms with Crippen LogP contribution in [0.2, 0.25) is 0 Å². The predicted octanol–water partition coefficient (Wildman–Crippen LogP) is 5.39. The van der Waals surface area contributed by atoms with Gasteiger partial charge in [-0.15, -0.1) is 0 Å². The number of hydrogen-bond donors (Lipinski definition) is 1. The average Bonchev–Trinajstić information content (AvgIpc) is 2.37. The third-order valence-electron chi connectivity index (χ3n) is 5.69. The maximum absolute atomic E-state index is 10.7. The molecule has 0 aromatic carbocycles. The summed E-state index contributed by atoms with van der Waals surface area (Å²) < 4.78 is 6.23. The number of hydrogen-bond acceptors (Lipinski definition) is 2. The SMILES string of the molecule is CCC(C)(CC(C)C)C(O)OC(C)(C)C1CCC(C)CC1. The van der Waals surface area contributed by atoms with E-state index < -0.39 is 6.29 Å².